The molecular formula is C28H52O. The van der Waals surface area contributed by atoms with Crippen molar-refractivity contribution in [3.63, 3.8) is 0 Å². The van der Waals surface area contributed by atoms with Gasteiger partial charge < -0.3 is 5.11 Å². The third kappa shape index (κ3) is 5.24. The molecular weight excluding hydrogens is 352 g/mol. The Labute approximate surface area is 182 Å². The van der Waals surface area contributed by atoms with Gasteiger partial charge in [-0.2, -0.15) is 0 Å². The first-order chi connectivity index (χ1) is 13.8. The van der Waals surface area contributed by atoms with Crippen LogP contribution in [0.2, 0.25) is 0 Å². The van der Waals surface area contributed by atoms with E-state index in [-0.39, 0.29) is 0 Å². The highest BCUT2D eigenvalue weighted by Crippen LogP contribution is 2.61. The molecule has 0 aromatic carbocycles. The quantitative estimate of drug-likeness (QED) is 0.431. The van der Waals surface area contributed by atoms with E-state index < -0.39 is 0 Å². The number of fused-ring (bicyclic) bond motifs is 1. The number of rotatable bonds is 8. The minimum absolute atomic E-state index is 0.366. The molecule has 1 nitrogen and oxygen atoms in total. The van der Waals surface area contributed by atoms with Crippen LogP contribution in [0, 0.1) is 46.3 Å². The van der Waals surface area contributed by atoms with E-state index in [9.17, 15) is 5.11 Å². The standard InChI is InChI=1S/C28H52O/c1-21(2)10-9-11-22(3)25-15-16-26(28(25,5)18-19-29)23-13-14-24-12-7-6-8-17-27(24,4)20-23/h21-26,29H,6-20H2,1-5H3. The van der Waals surface area contributed by atoms with Gasteiger partial charge in [-0.05, 0) is 97.7 Å². The van der Waals surface area contributed by atoms with Crippen molar-refractivity contribution in [1.82, 2.24) is 0 Å². The molecule has 29 heavy (non-hydrogen) atoms. The zero-order chi connectivity index (χ0) is 21.1. The number of hydrogen-bond acceptors (Lipinski definition) is 1. The van der Waals surface area contributed by atoms with Gasteiger partial charge >= 0.3 is 0 Å². The summed E-state index contributed by atoms with van der Waals surface area (Å²) in [4.78, 5) is 0. The van der Waals surface area contributed by atoms with Gasteiger partial charge in [-0.1, -0.05) is 73.1 Å². The van der Waals surface area contributed by atoms with Crippen molar-refractivity contribution in [3.05, 3.63) is 0 Å². The Kier molecular flexibility index (Phi) is 8.19. The third-order valence-corrected chi connectivity index (χ3v) is 10.2. The van der Waals surface area contributed by atoms with E-state index in [0.29, 0.717) is 17.4 Å². The van der Waals surface area contributed by atoms with Crippen molar-refractivity contribution < 1.29 is 5.11 Å². The van der Waals surface area contributed by atoms with E-state index in [2.05, 4.69) is 34.6 Å². The van der Waals surface area contributed by atoms with Crippen molar-refractivity contribution in [1.29, 1.82) is 0 Å². The summed E-state index contributed by atoms with van der Waals surface area (Å²) in [7, 11) is 0. The molecule has 3 aliphatic carbocycles. The summed E-state index contributed by atoms with van der Waals surface area (Å²) >= 11 is 0. The zero-order valence-electron chi connectivity index (χ0n) is 20.5. The maximum atomic E-state index is 10.0. The second-order valence-electron chi connectivity index (χ2n) is 12.6. The lowest BCUT2D eigenvalue weighted by Crippen LogP contribution is -2.42. The predicted octanol–water partition coefficient (Wildman–Crippen LogP) is 8.25. The lowest BCUT2D eigenvalue weighted by molar-refractivity contribution is -0.0111. The zero-order valence-corrected chi connectivity index (χ0v) is 20.5. The van der Waals surface area contributed by atoms with Gasteiger partial charge in [0.05, 0.1) is 0 Å². The maximum absolute atomic E-state index is 10.0. The highest BCUT2D eigenvalue weighted by atomic mass is 16.3. The van der Waals surface area contributed by atoms with Crippen LogP contribution in [0.1, 0.15) is 125 Å². The van der Waals surface area contributed by atoms with E-state index in [0.717, 1.165) is 41.9 Å². The van der Waals surface area contributed by atoms with Gasteiger partial charge in [-0.3, -0.25) is 0 Å². The second kappa shape index (κ2) is 10.1. The fraction of sp³-hybridized carbons (Fsp3) is 1.00. The minimum Gasteiger partial charge on any atom is -0.396 e. The Balaban J connectivity index is 1.70. The van der Waals surface area contributed by atoms with Gasteiger partial charge in [0.15, 0.2) is 0 Å². The highest BCUT2D eigenvalue weighted by molar-refractivity contribution is 5.02. The molecule has 0 saturated heterocycles. The summed E-state index contributed by atoms with van der Waals surface area (Å²) in [5, 5.41) is 10.0. The van der Waals surface area contributed by atoms with Crippen LogP contribution in [-0.2, 0) is 0 Å². The Bertz CT molecular complexity index is 499. The van der Waals surface area contributed by atoms with Crippen molar-refractivity contribution in [2.24, 2.45) is 46.3 Å². The smallest absolute Gasteiger partial charge is 0.0436 e. The highest BCUT2D eigenvalue weighted by Gasteiger charge is 2.53. The average molecular weight is 405 g/mol. The molecule has 0 aromatic rings. The summed E-state index contributed by atoms with van der Waals surface area (Å²) in [6.07, 6.45) is 19.9. The van der Waals surface area contributed by atoms with Crippen LogP contribution in [0.4, 0.5) is 0 Å². The summed E-state index contributed by atoms with van der Waals surface area (Å²) in [5.74, 6) is 5.24. The van der Waals surface area contributed by atoms with Crippen LogP contribution in [-0.4, -0.2) is 11.7 Å². The molecule has 0 heterocycles. The molecule has 170 valence electrons. The first-order valence-electron chi connectivity index (χ1n) is 13.4. The molecule has 0 radical (unpaired) electrons. The third-order valence-electron chi connectivity index (χ3n) is 10.2. The number of aliphatic hydroxyl groups excluding tert-OH is 1. The molecule has 3 saturated carbocycles. The van der Waals surface area contributed by atoms with Crippen molar-refractivity contribution in [2.45, 2.75) is 125 Å². The fourth-order valence-corrected chi connectivity index (χ4v) is 8.53. The van der Waals surface area contributed by atoms with E-state index >= 15 is 0 Å². The second-order valence-corrected chi connectivity index (χ2v) is 12.6. The minimum atomic E-state index is 0.366. The lowest BCUT2D eigenvalue weighted by Gasteiger charge is -2.50. The van der Waals surface area contributed by atoms with Gasteiger partial charge in [-0.15, -0.1) is 0 Å². The van der Waals surface area contributed by atoms with Crippen LogP contribution < -0.4 is 0 Å². The first kappa shape index (κ1) is 23.6. The average Bonchev–Trinajstić information content (AvgIpc) is 2.86. The number of aliphatic hydroxyl groups is 1. The van der Waals surface area contributed by atoms with Crippen LogP contribution in [0.15, 0.2) is 0 Å². The van der Waals surface area contributed by atoms with Crippen LogP contribution in [0.5, 0.6) is 0 Å². The SMILES string of the molecule is CC(C)CCCC(C)C1CCC(C2CCC3CCCCCC3(C)C2)C1(C)CCO. The molecule has 7 unspecified atom stereocenters. The Hall–Kier alpha value is -0.0400. The molecule has 3 rings (SSSR count). The van der Waals surface area contributed by atoms with Crippen molar-refractivity contribution in [3.8, 4) is 0 Å². The molecule has 3 aliphatic rings. The van der Waals surface area contributed by atoms with Gasteiger partial charge in [0.1, 0.15) is 0 Å². The Morgan fingerprint density at radius 3 is 2.41 bits per heavy atom. The van der Waals surface area contributed by atoms with E-state index in [4.69, 9.17) is 0 Å². The lowest BCUT2D eigenvalue weighted by atomic mass is 9.55. The van der Waals surface area contributed by atoms with Crippen molar-refractivity contribution in [2.75, 3.05) is 6.61 Å². The molecule has 0 aliphatic heterocycles. The molecule has 0 bridgehead atoms. The first-order valence-corrected chi connectivity index (χ1v) is 13.4. The van der Waals surface area contributed by atoms with E-state index in [1.165, 1.54) is 83.5 Å². The molecule has 3 fully saturated rings. The van der Waals surface area contributed by atoms with Crippen molar-refractivity contribution >= 4 is 0 Å². The molecule has 1 N–H and O–H groups in total. The molecule has 7 atom stereocenters. The maximum Gasteiger partial charge on any atom is 0.0436 e. The summed E-state index contributed by atoms with van der Waals surface area (Å²) in [6.45, 7) is 12.9. The van der Waals surface area contributed by atoms with Gasteiger partial charge in [0.2, 0.25) is 0 Å². The number of hydrogen-bond donors (Lipinski definition) is 1. The van der Waals surface area contributed by atoms with Crippen LogP contribution in [0.25, 0.3) is 0 Å². The Morgan fingerprint density at radius 2 is 1.69 bits per heavy atom. The topological polar surface area (TPSA) is 20.2 Å². The van der Waals surface area contributed by atoms with Gasteiger partial charge in [-0.25, -0.2) is 0 Å². The molecule has 0 spiro atoms. The Morgan fingerprint density at radius 1 is 0.897 bits per heavy atom. The molecule has 0 amide bonds. The normalized spacial score (nSPS) is 41.9. The largest absolute Gasteiger partial charge is 0.396 e. The fourth-order valence-electron chi connectivity index (χ4n) is 8.53. The molecule has 0 aromatic heterocycles. The summed E-state index contributed by atoms with van der Waals surface area (Å²) in [5.41, 5.74) is 0.977. The predicted molar refractivity (Wildman–Crippen MR) is 126 cm³/mol. The summed E-state index contributed by atoms with van der Waals surface area (Å²) in [6, 6.07) is 0. The van der Waals surface area contributed by atoms with Gasteiger partial charge in [0.25, 0.3) is 0 Å². The molecule has 1 heteroatoms. The van der Waals surface area contributed by atoms with Crippen LogP contribution >= 0.6 is 0 Å². The monoisotopic (exact) mass is 404 g/mol. The van der Waals surface area contributed by atoms with Crippen LogP contribution in [0.3, 0.4) is 0 Å². The van der Waals surface area contributed by atoms with Gasteiger partial charge in [0, 0.05) is 6.61 Å². The van der Waals surface area contributed by atoms with E-state index in [1.54, 1.807) is 0 Å². The van der Waals surface area contributed by atoms with E-state index in [1.807, 2.05) is 0 Å². The summed E-state index contributed by atoms with van der Waals surface area (Å²) < 4.78 is 0.